The third-order valence-electron chi connectivity index (χ3n) is 12.7. The van der Waals surface area contributed by atoms with E-state index in [-0.39, 0.29) is 99.4 Å². The summed E-state index contributed by atoms with van der Waals surface area (Å²) >= 11 is 0. The van der Waals surface area contributed by atoms with Crippen LogP contribution in [0.25, 0.3) is 35.7 Å². The average Bonchev–Trinajstić information content (AvgIpc) is 3.84. The van der Waals surface area contributed by atoms with Gasteiger partial charge in [0.2, 0.25) is 0 Å². The van der Waals surface area contributed by atoms with Crippen LogP contribution in [0.2, 0.25) is 0 Å². The molecule has 0 saturated carbocycles. The maximum absolute atomic E-state index is 13.4. The maximum atomic E-state index is 13.4. The first-order chi connectivity index (χ1) is 39.4. The van der Waals surface area contributed by atoms with Crippen molar-refractivity contribution in [1.82, 2.24) is 18.7 Å². The van der Waals surface area contributed by atoms with E-state index in [1.807, 2.05) is 60.7 Å². The smallest absolute Gasteiger partial charge is 0.872 e. The molecule has 0 amide bonds. The first-order valence-corrected chi connectivity index (χ1v) is 25.3. The van der Waals surface area contributed by atoms with Gasteiger partial charge >= 0.3 is 19.5 Å². The van der Waals surface area contributed by atoms with Gasteiger partial charge in [0.1, 0.15) is 0 Å². The van der Waals surface area contributed by atoms with Crippen molar-refractivity contribution in [3.8, 4) is 57.4 Å². The molecule has 0 spiro atoms. The van der Waals surface area contributed by atoms with Crippen LogP contribution < -0.4 is 40.3 Å². The van der Waals surface area contributed by atoms with E-state index >= 15 is 0 Å². The van der Waals surface area contributed by atoms with Gasteiger partial charge in [0, 0.05) is 14.1 Å². The third-order valence-corrected chi connectivity index (χ3v) is 12.7. The van der Waals surface area contributed by atoms with E-state index in [0.29, 0.717) is 56.5 Å². The fourth-order valence-corrected chi connectivity index (χ4v) is 8.16. The Balaban J connectivity index is 0.000000263. The van der Waals surface area contributed by atoms with Crippen LogP contribution in [0.5, 0.6) is 46.0 Å². The van der Waals surface area contributed by atoms with Crippen LogP contribution in [0.4, 0.5) is 11.4 Å². The van der Waals surface area contributed by atoms with Gasteiger partial charge in [-0.3, -0.25) is 19.0 Å². The van der Waals surface area contributed by atoms with Crippen LogP contribution in [0.1, 0.15) is 33.6 Å². The second-order valence-electron chi connectivity index (χ2n) is 18.0. The number of aromatic hydroxyl groups is 4. The SMILES string of the molecule is COc1cc(/C=C/C(/C=C([O-])/C=C/c2ccc(O)c(OC)c2)=Nc2c(C)n(C)n(-c3ccccc3)c2=O)ccc1O.COc1cc(/C=C/C(/C=C([O-])/C=C/c2ccc(O)c(OC)c2)=Nc2c(C)n(C)n(-c3ccccc3)c2=O)ccc1O.[Zn+2]. The standard InChI is InChI=1S/2C32H31N3O6.Zn/c2*1-21-31(32(39)35(34(21)2)25-8-6-5-7-9-25)33-24(14-10-22-12-16-27(37)29(18-22)40-3)20-26(36)15-11-23-13-17-28(38)30(19-23)41-4;/h2*5-20,36-38H,1-4H3;/q;;+2/p-2/b2*14-10+,15-11+,26-20-,33-24?;. The van der Waals surface area contributed by atoms with E-state index < -0.39 is 0 Å². The molecule has 0 atom stereocenters. The number of aliphatic imine (C=N–C) groups is 2. The fourth-order valence-electron chi connectivity index (χ4n) is 8.16. The van der Waals surface area contributed by atoms with Crippen molar-refractivity contribution in [2.45, 2.75) is 13.8 Å². The number of aromatic nitrogens is 4. The number of phenolic OH excluding ortho intramolecular Hbond substituents is 4. The van der Waals surface area contributed by atoms with E-state index in [2.05, 4.69) is 9.98 Å². The van der Waals surface area contributed by atoms with E-state index in [4.69, 9.17) is 18.9 Å². The Bertz CT molecular complexity index is 3720. The molecule has 0 aliphatic carbocycles. The number of hydrogen-bond donors (Lipinski definition) is 4. The largest absolute Gasteiger partial charge is 2.00 e. The number of rotatable bonds is 18. The zero-order valence-corrected chi connectivity index (χ0v) is 49.9. The van der Waals surface area contributed by atoms with Crippen molar-refractivity contribution in [3.63, 3.8) is 0 Å². The van der Waals surface area contributed by atoms with Crippen LogP contribution in [-0.2, 0) is 33.6 Å². The van der Waals surface area contributed by atoms with E-state index in [0.717, 1.165) is 0 Å². The van der Waals surface area contributed by atoms with Gasteiger partial charge in [-0.2, -0.15) is 0 Å². The monoisotopic (exact) mass is 1170 g/mol. The van der Waals surface area contributed by atoms with Crippen LogP contribution in [0.3, 0.4) is 0 Å². The first-order valence-electron chi connectivity index (χ1n) is 25.3. The quantitative estimate of drug-likeness (QED) is 0.0272. The molecular formula is C64H60N6O12Zn. The molecule has 8 aromatic rings. The molecule has 2 heterocycles. The maximum Gasteiger partial charge on any atom is 2.00 e. The van der Waals surface area contributed by atoms with Crippen LogP contribution in [0, 0.1) is 13.8 Å². The molecule has 6 aromatic carbocycles. The summed E-state index contributed by atoms with van der Waals surface area (Å²) in [6.07, 6.45) is 15.2. The Morgan fingerprint density at radius 1 is 0.446 bits per heavy atom. The summed E-state index contributed by atoms with van der Waals surface area (Å²) < 4.78 is 27.1. The van der Waals surface area contributed by atoms with Gasteiger partial charge in [-0.25, -0.2) is 19.3 Å². The minimum Gasteiger partial charge on any atom is -0.872 e. The van der Waals surface area contributed by atoms with E-state index in [9.17, 15) is 40.2 Å². The van der Waals surface area contributed by atoms with Gasteiger partial charge in [-0.15, -0.1) is 11.5 Å². The number of phenols is 4. The number of nitrogens with zero attached hydrogens (tertiary/aromatic N) is 6. The van der Waals surface area contributed by atoms with Gasteiger partial charge in [-0.1, -0.05) is 97.1 Å². The summed E-state index contributed by atoms with van der Waals surface area (Å²) in [7, 11) is 9.33. The molecule has 4 N–H and O–H groups in total. The molecule has 8 rings (SSSR count). The Morgan fingerprint density at radius 3 is 1.00 bits per heavy atom. The number of allylic oxidation sites excluding steroid dienone is 6. The summed E-state index contributed by atoms with van der Waals surface area (Å²) in [5.74, 6) is 0.390. The topological polar surface area (TPSA) is 243 Å². The van der Waals surface area contributed by atoms with Crippen molar-refractivity contribution in [3.05, 3.63) is 236 Å². The molecular weight excluding hydrogens is 1110 g/mol. The fraction of sp³-hybridized carbons (Fsp3) is 0.125. The number of ether oxygens (including phenoxy) is 4. The van der Waals surface area contributed by atoms with Gasteiger partial charge in [0.15, 0.2) is 57.4 Å². The molecule has 0 radical (unpaired) electrons. The Labute approximate surface area is 492 Å². The van der Waals surface area contributed by atoms with Crippen molar-refractivity contribution in [2.24, 2.45) is 24.1 Å². The number of para-hydroxylation sites is 2. The predicted octanol–water partition coefficient (Wildman–Crippen LogP) is 9.31. The second kappa shape index (κ2) is 28.8. The number of hydrogen-bond acceptors (Lipinski definition) is 14. The molecule has 0 aliphatic rings. The van der Waals surface area contributed by atoms with Crippen molar-refractivity contribution >= 4 is 47.1 Å². The molecule has 0 bridgehead atoms. The molecule has 18 nitrogen and oxygen atoms in total. The normalized spacial score (nSPS) is 12.2. The van der Waals surface area contributed by atoms with Gasteiger partial charge in [0.25, 0.3) is 11.1 Å². The zero-order valence-electron chi connectivity index (χ0n) is 46.9. The van der Waals surface area contributed by atoms with Crippen molar-refractivity contribution < 1.29 is 69.1 Å². The molecule has 2 aromatic heterocycles. The predicted molar refractivity (Wildman–Crippen MR) is 317 cm³/mol. The summed E-state index contributed by atoms with van der Waals surface area (Å²) in [5, 5.41) is 65.4. The molecule has 0 aliphatic heterocycles. The van der Waals surface area contributed by atoms with Crippen LogP contribution in [0.15, 0.2) is 201 Å². The van der Waals surface area contributed by atoms with Gasteiger partial charge < -0.3 is 49.6 Å². The molecule has 0 fully saturated rings. The summed E-state index contributed by atoms with van der Waals surface area (Å²) in [5.41, 5.74) is 5.46. The van der Waals surface area contributed by atoms with Crippen LogP contribution in [-0.4, -0.2) is 79.0 Å². The molecule has 83 heavy (non-hydrogen) atoms. The number of methoxy groups -OCH3 is 4. The second-order valence-corrected chi connectivity index (χ2v) is 18.0. The molecule has 0 unspecified atom stereocenters. The van der Waals surface area contributed by atoms with Crippen molar-refractivity contribution in [1.29, 1.82) is 0 Å². The van der Waals surface area contributed by atoms with Gasteiger partial charge in [-0.05, 0) is 133 Å². The average molecular weight is 1170 g/mol. The van der Waals surface area contributed by atoms with E-state index in [1.165, 1.54) is 86.4 Å². The van der Waals surface area contributed by atoms with E-state index in [1.54, 1.807) is 122 Å². The minimum atomic E-state index is -0.374. The molecule has 420 valence electrons. The third kappa shape index (κ3) is 15.6. The summed E-state index contributed by atoms with van der Waals surface area (Å²) in [6.45, 7) is 3.57. The zero-order chi connectivity index (χ0) is 59.0. The Kier molecular flexibility index (Phi) is 21.5. The van der Waals surface area contributed by atoms with Gasteiger partial charge in [0.05, 0.1) is 62.6 Å². The molecule has 19 heteroatoms. The number of benzene rings is 6. The summed E-state index contributed by atoms with van der Waals surface area (Å²) in [4.78, 5) is 36.1. The van der Waals surface area contributed by atoms with Crippen LogP contribution >= 0.6 is 0 Å². The molecule has 0 saturated heterocycles. The minimum absolute atomic E-state index is 0. The first kappa shape index (κ1) is 61.9. The van der Waals surface area contributed by atoms with Crippen molar-refractivity contribution in [2.75, 3.05) is 28.4 Å². The summed E-state index contributed by atoms with van der Waals surface area (Å²) in [6, 6.07) is 37.5. The Hall–Kier alpha value is -10.3. The Morgan fingerprint density at radius 2 is 0.723 bits per heavy atom.